The van der Waals surface area contributed by atoms with Crippen LogP contribution < -0.4 is 0 Å². The first-order valence-electron chi connectivity index (χ1n) is 6.05. The molecule has 1 saturated heterocycles. The SMILES string of the molecule is CCS(=O)(=O)N1CCC[C@H](c2n[nH]c(=S)n2C)C1. The molecule has 6 nitrogen and oxygen atoms in total. The molecule has 1 aliphatic rings. The van der Waals surface area contributed by atoms with Crippen molar-refractivity contribution in [3.05, 3.63) is 10.6 Å². The van der Waals surface area contributed by atoms with Gasteiger partial charge in [-0.2, -0.15) is 5.10 Å². The number of aromatic nitrogens is 3. The van der Waals surface area contributed by atoms with Gasteiger partial charge in [-0.05, 0) is 32.0 Å². The van der Waals surface area contributed by atoms with E-state index in [1.54, 1.807) is 11.2 Å². The van der Waals surface area contributed by atoms with Crippen molar-refractivity contribution in [2.24, 2.45) is 7.05 Å². The van der Waals surface area contributed by atoms with Gasteiger partial charge in [0.25, 0.3) is 0 Å². The summed E-state index contributed by atoms with van der Waals surface area (Å²) in [6.45, 7) is 2.79. The monoisotopic (exact) mass is 290 g/mol. The first-order chi connectivity index (χ1) is 8.45. The van der Waals surface area contributed by atoms with Crippen LogP contribution in [0.5, 0.6) is 0 Å². The first kappa shape index (κ1) is 13.7. The van der Waals surface area contributed by atoms with Gasteiger partial charge < -0.3 is 4.57 Å². The molecular formula is C10H18N4O2S2. The Hall–Kier alpha value is -0.730. The summed E-state index contributed by atoms with van der Waals surface area (Å²) in [6.07, 6.45) is 1.81. The molecule has 0 aliphatic carbocycles. The zero-order valence-electron chi connectivity index (χ0n) is 10.6. The van der Waals surface area contributed by atoms with Crippen molar-refractivity contribution >= 4 is 22.2 Å². The predicted octanol–water partition coefficient (Wildman–Crippen LogP) is 1.01. The Morgan fingerprint density at radius 1 is 1.56 bits per heavy atom. The van der Waals surface area contributed by atoms with Crippen LogP contribution in [0.1, 0.15) is 31.5 Å². The molecule has 8 heteroatoms. The van der Waals surface area contributed by atoms with Crippen molar-refractivity contribution < 1.29 is 8.42 Å². The average Bonchev–Trinajstić information content (AvgIpc) is 2.70. The molecule has 0 bridgehead atoms. The lowest BCUT2D eigenvalue weighted by Crippen LogP contribution is -2.40. The van der Waals surface area contributed by atoms with Gasteiger partial charge in [0.05, 0.1) is 5.75 Å². The highest BCUT2D eigenvalue weighted by atomic mass is 32.2. The fraction of sp³-hybridized carbons (Fsp3) is 0.800. The number of rotatable bonds is 3. The quantitative estimate of drug-likeness (QED) is 0.843. The molecule has 18 heavy (non-hydrogen) atoms. The number of nitrogens with one attached hydrogen (secondary N) is 1. The number of aromatic amines is 1. The van der Waals surface area contributed by atoms with Gasteiger partial charge in [-0.25, -0.2) is 12.7 Å². The normalized spacial score (nSPS) is 22.2. The number of nitrogens with zero attached hydrogens (tertiary/aromatic N) is 3. The van der Waals surface area contributed by atoms with Crippen molar-refractivity contribution in [3.8, 4) is 0 Å². The molecule has 1 fully saturated rings. The standard InChI is InChI=1S/C10H18N4O2S2/c1-3-18(15,16)14-6-4-5-8(7-14)9-11-12-10(17)13(9)2/h8H,3-7H2,1-2H3,(H,12,17)/t8-/m0/s1. The molecule has 2 rings (SSSR count). The molecule has 0 radical (unpaired) electrons. The van der Waals surface area contributed by atoms with Crippen LogP contribution in [0.2, 0.25) is 0 Å². The number of hydrogen-bond donors (Lipinski definition) is 1. The van der Waals surface area contributed by atoms with Crippen LogP contribution in [-0.2, 0) is 17.1 Å². The zero-order chi connectivity index (χ0) is 13.3. The van der Waals surface area contributed by atoms with E-state index in [1.165, 1.54) is 0 Å². The van der Waals surface area contributed by atoms with Crippen molar-refractivity contribution in [3.63, 3.8) is 0 Å². The zero-order valence-corrected chi connectivity index (χ0v) is 12.2. The van der Waals surface area contributed by atoms with E-state index in [2.05, 4.69) is 10.2 Å². The van der Waals surface area contributed by atoms with E-state index >= 15 is 0 Å². The molecule has 0 saturated carbocycles. The Balaban J connectivity index is 2.22. The maximum absolute atomic E-state index is 11.9. The van der Waals surface area contributed by atoms with Gasteiger partial charge in [-0.15, -0.1) is 0 Å². The lowest BCUT2D eigenvalue weighted by Gasteiger charge is -2.30. The van der Waals surface area contributed by atoms with E-state index < -0.39 is 10.0 Å². The summed E-state index contributed by atoms with van der Waals surface area (Å²) >= 11 is 5.08. The molecule has 102 valence electrons. The summed E-state index contributed by atoms with van der Waals surface area (Å²) in [4.78, 5) is 0. The summed E-state index contributed by atoms with van der Waals surface area (Å²) < 4.78 is 27.7. The first-order valence-corrected chi connectivity index (χ1v) is 8.06. The second kappa shape index (κ2) is 5.10. The Labute approximate surface area is 112 Å². The van der Waals surface area contributed by atoms with Crippen LogP contribution in [0.3, 0.4) is 0 Å². The van der Waals surface area contributed by atoms with E-state index in [4.69, 9.17) is 12.2 Å². The van der Waals surface area contributed by atoms with E-state index in [0.717, 1.165) is 18.7 Å². The number of piperidine rings is 1. The van der Waals surface area contributed by atoms with Crippen molar-refractivity contribution in [2.45, 2.75) is 25.7 Å². The van der Waals surface area contributed by atoms with E-state index in [1.807, 2.05) is 11.6 Å². The molecule has 0 amide bonds. The predicted molar refractivity (Wildman–Crippen MR) is 71.4 cm³/mol. The largest absolute Gasteiger partial charge is 0.307 e. The maximum Gasteiger partial charge on any atom is 0.213 e. The van der Waals surface area contributed by atoms with E-state index in [-0.39, 0.29) is 11.7 Å². The lowest BCUT2D eigenvalue weighted by atomic mass is 9.99. The Bertz CT molecular complexity index is 575. The maximum atomic E-state index is 11.9. The summed E-state index contributed by atoms with van der Waals surface area (Å²) in [5.74, 6) is 1.12. The van der Waals surface area contributed by atoms with Gasteiger partial charge in [0.2, 0.25) is 10.0 Å². The van der Waals surface area contributed by atoms with E-state index in [0.29, 0.717) is 17.9 Å². The lowest BCUT2D eigenvalue weighted by molar-refractivity contribution is 0.306. The highest BCUT2D eigenvalue weighted by Crippen LogP contribution is 2.26. The van der Waals surface area contributed by atoms with Gasteiger partial charge in [0.15, 0.2) is 4.77 Å². The minimum Gasteiger partial charge on any atom is -0.307 e. The van der Waals surface area contributed by atoms with Crippen LogP contribution in [0, 0.1) is 4.77 Å². The van der Waals surface area contributed by atoms with Gasteiger partial charge >= 0.3 is 0 Å². The van der Waals surface area contributed by atoms with Crippen molar-refractivity contribution in [1.29, 1.82) is 0 Å². The molecule has 0 unspecified atom stereocenters. The second-order valence-corrected chi connectivity index (χ2v) is 7.19. The van der Waals surface area contributed by atoms with Gasteiger partial charge in [-0.1, -0.05) is 0 Å². The highest BCUT2D eigenvalue weighted by Gasteiger charge is 2.30. The Kier molecular flexibility index (Phi) is 3.88. The number of H-pyrrole nitrogens is 1. The summed E-state index contributed by atoms with van der Waals surface area (Å²) in [5, 5.41) is 6.96. The molecule has 1 N–H and O–H groups in total. The van der Waals surface area contributed by atoms with Crippen molar-refractivity contribution in [2.75, 3.05) is 18.8 Å². The van der Waals surface area contributed by atoms with Crippen LogP contribution in [-0.4, -0.2) is 46.3 Å². The third-order valence-corrected chi connectivity index (χ3v) is 5.64. The van der Waals surface area contributed by atoms with Crippen LogP contribution in [0.25, 0.3) is 0 Å². The molecule has 2 heterocycles. The minimum absolute atomic E-state index is 0.123. The van der Waals surface area contributed by atoms with E-state index in [9.17, 15) is 8.42 Å². The topological polar surface area (TPSA) is 71.0 Å². The summed E-state index contributed by atoms with van der Waals surface area (Å²) in [6, 6.07) is 0. The minimum atomic E-state index is -3.11. The van der Waals surface area contributed by atoms with Crippen LogP contribution in [0.4, 0.5) is 0 Å². The molecule has 0 aromatic carbocycles. The Morgan fingerprint density at radius 2 is 2.28 bits per heavy atom. The van der Waals surface area contributed by atoms with Crippen LogP contribution >= 0.6 is 12.2 Å². The Morgan fingerprint density at radius 3 is 2.83 bits per heavy atom. The second-order valence-electron chi connectivity index (χ2n) is 4.54. The molecule has 1 aromatic heterocycles. The average molecular weight is 290 g/mol. The molecular weight excluding hydrogens is 272 g/mol. The summed E-state index contributed by atoms with van der Waals surface area (Å²) in [7, 11) is -1.25. The fourth-order valence-corrected chi connectivity index (χ4v) is 3.63. The third kappa shape index (κ3) is 2.50. The van der Waals surface area contributed by atoms with Gasteiger partial charge in [-0.3, -0.25) is 5.10 Å². The molecule has 0 spiro atoms. The highest BCUT2D eigenvalue weighted by molar-refractivity contribution is 7.89. The van der Waals surface area contributed by atoms with Gasteiger partial charge in [0.1, 0.15) is 5.82 Å². The van der Waals surface area contributed by atoms with Crippen molar-refractivity contribution in [1.82, 2.24) is 19.1 Å². The smallest absolute Gasteiger partial charge is 0.213 e. The van der Waals surface area contributed by atoms with Crippen LogP contribution in [0.15, 0.2) is 0 Å². The molecule has 1 aromatic rings. The summed E-state index contributed by atoms with van der Waals surface area (Å²) in [5.41, 5.74) is 0. The van der Waals surface area contributed by atoms with Gasteiger partial charge in [0, 0.05) is 26.1 Å². The molecule has 1 aliphatic heterocycles. The fourth-order valence-electron chi connectivity index (χ4n) is 2.31. The molecule has 1 atom stereocenters. The third-order valence-electron chi connectivity index (χ3n) is 3.42. The number of sulfonamides is 1. The number of hydrogen-bond acceptors (Lipinski definition) is 4.